The fourth-order valence-electron chi connectivity index (χ4n) is 1.29. The van der Waals surface area contributed by atoms with Crippen LogP contribution in [0.1, 0.15) is 12.0 Å². The molecular formula is C11H10N2S. The van der Waals surface area contributed by atoms with Gasteiger partial charge in [-0.1, -0.05) is 24.0 Å². The van der Waals surface area contributed by atoms with Gasteiger partial charge in [-0.15, -0.1) is 0 Å². The number of benzene rings is 1. The van der Waals surface area contributed by atoms with E-state index in [4.69, 9.17) is 0 Å². The molecule has 0 saturated carbocycles. The topological polar surface area (TPSA) is 28.7 Å². The Labute approximate surface area is 88.1 Å². The molecule has 70 valence electrons. The SMILES string of the molecule is SCCC#Cc1cccc2cn[nH]c12. The van der Waals surface area contributed by atoms with Gasteiger partial charge < -0.3 is 0 Å². The zero-order valence-corrected chi connectivity index (χ0v) is 8.51. The lowest BCUT2D eigenvalue weighted by atomic mass is 10.1. The van der Waals surface area contributed by atoms with E-state index in [0.29, 0.717) is 0 Å². The van der Waals surface area contributed by atoms with Crippen molar-refractivity contribution >= 4 is 23.5 Å². The molecule has 2 aromatic rings. The summed E-state index contributed by atoms with van der Waals surface area (Å²) >= 11 is 4.11. The summed E-state index contributed by atoms with van der Waals surface area (Å²) in [6.07, 6.45) is 2.62. The van der Waals surface area contributed by atoms with Gasteiger partial charge in [0.15, 0.2) is 0 Å². The van der Waals surface area contributed by atoms with Crippen LogP contribution in [0.5, 0.6) is 0 Å². The second-order valence-electron chi connectivity index (χ2n) is 2.92. The fraction of sp³-hybridized carbons (Fsp3) is 0.182. The molecule has 1 aromatic carbocycles. The van der Waals surface area contributed by atoms with Crippen LogP contribution in [0.3, 0.4) is 0 Å². The minimum Gasteiger partial charge on any atom is -0.277 e. The van der Waals surface area contributed by atoms with E-state index in [-0.39, 0.29) is 0 Å². The predicted octanol–water partition coefficient (Wildman–Crippen LogP) is 2.23. The third kappa shape index (κ3) is 1.75. The van der Waals surface area contributed by atoms with Gasteiger partial charge in [-0.3, -0.25) is 5.10 Å². The Morgan fingerprint density at radius 1 is 1.43 bits per heavy atom. The van der Waals surface area contributed by atoms with Crippen LogP contribution in [0.2, 0.25) is 0 Å². The average Bonchev–Trinajstić information content (AvgIpc) is 2.67. The second-order valence-corrected chi connectivity index (χ2v) is 3.36. The Balaban J connectivity index is 2.43. The number of nitrogens with one attached hydrogen (secondary N) is 1. The van der Waals surface area contributed by atoms with Crippen LogP contribution in [-0.4, -0.2) is 16.0 Å². The summed E-state index contributed by atoms with van der Waals surface area (Å²) < 4.78 is 0. The Kier molecular flexibility index (Phi) is 2.76. The van der Waals surface area contributed by atoms with Crippen molar-refractivity contribution in [3.63, 3.8) is 0 Å². The van der Waals surface area contributed by atoms with E-state index < -0.39 is 0 Å². The van der Waals surface area contributed by atoms with Crippen molar-refractivity contribution in [2.75, 3.05) is 5.75 Å². The highest BCUT2D eigenvalue weighted by Crippen LogP contribution is 2.14. The number of H-pyrrole nitrogens is 1. The first kappa shape index (κ1) is 9.17. The van der Waals surface area contributed by atoms with Crippen LogP contribution in [-0.2, 0) is 0 Å². The zero-order valence-electron chi connectivity index (χ0n) is 7.62. The molecule has 14 heavy (non-hydrogen) atoms. The highest BCUT2D eigenvalue weighted by molar-refractivity contribution is 7.80. The summed E-state index contributed by atoms with van der Waals surface area (Å²) in [4.78, 5) is 0. The number of aromatic nitrogens is 2. The molecule has 2 nitrogen and oxygen atoms in total. The van der Waals surface area contributed by atoms with E-state index in [9.17, 15) is 0 Å². The molecule has 0 amide bonds. The summed E-state index contributed by atoms with van der Waals surface area (Å²) in [6, 6.07) is 6.00. The lowest BCUT2D eigenvalue weighted by Crippen LogP contribution is -1.78. The van der Waals surface area contributed by atoms with Crippen LogP contribution in [0.15, 0.2) is 24.4 Å². The zero-order chi connectivity index (χ0) is 9.80. The highest BCUT2D eigenvalue weighted by atomic mass is 32.1. The minimum absolute atomic E-state index is 0.798. The van der Waals surface area contributed by atoms with E-state index in [1.54, 1.807) is 6.20 Å². The number of fused-ring (bicyclic) bond motifs is 1. The smallest absolute Gasteiger partial charge is 0.0806 e. The van der Waals surface area contributed by atoms with E-state index >= 15 is 0 Å². The number of hydrogen-bond donors (Lipinski definition) is 2. The first-order chi connectivity index (χ1) is 6.92. The molecule has 0 fully saturated rings. The fourth-order valence-corrected chi connectivity index (χ4v) is 1.40. The van der Waals surface area contributed by atoms with Crippen LogP contribution in [0.25, 0.3) is 10.9 Å². The molecule has 0 aliphatic carbocycles. The van der Waals surface area contributed by atoms with Gasteiger partial charge in [0.25, 0.3) is 0 Å². The van der Waals surface area contributed by atoms with Crippen LogP contribution >= 0.6 is 12.6 Å². The van der Waals surface area contributed by atoms with Gasteiger partial charge in [-0.2, -0.15) is 17.7 Å². The van der Waals surface area contributed by atoms with E-state index in [0.717, 1.165) is 28.6 Å². The third-order valence-electron chi connectivity index (χ3n) is 1.94. The Bertz CT molecular complexity index is 490. The molecule has 0 spiro atoms. The first-order valence-electron chi connectivity index (χ1n) is 4.43. The summed E-state index contributed by atoms with van der Waals surface area (Å²) in [5, 5.41) is 8.03. The number of rotatable bonds is 1. The second kappa shape index (κ2) is 4.21. The molecule has 0 radical (unpaired) electrons. The minimum atomic E-state index is 0.798. The molecule has 0 atom stereocenters. The maximum atomic E-state index is 4.11. The maximum absolute atomic E-state index is 4.11. The van der Waals surface area contributed by atoms with Gasteiger partial charge in [-0.25, -0.2) is 0 Å². The number of thiol groups is 1. The molecular weight excluding hydrogens is 192 g/mol. The number of para-hydroxylation sites is 1. The Morgan fingerprint density at radius 2 is 2.36 bits per heavy atom. The molecule has 0 unspecified atom stereocenters. The normalized spacial score (nSPS) is 9.79. The maximum Gasteiger partial charge on any atom is 0.0806 e. The summed E-state index contributed by atoms with van der Waals surface area (Å²) in [5.41, 5.74) is 2.01. The van der Waals surface area contributed by atoms with Crippen LogP contribution in [0, 0.1) is 11.8 Å². The largest absolute Gasteiger partial charge is 0.277 e. The Morgan fingerprint density at radius 3 is 3.21 bits per heavy atom. The first-order valence-corrected chi connectivity index (χ1v) is 5.07. The van der Waals surface area contributed by atoms with Gasteiger partial charge in [0, 0.05) is 17.6 Å². The molecule has 3 heteroatoms. The van der Waals surface area contributed by atoms with E-state index in [1.807, 2.05) is 18.2 Å². The summed E-state index contributed by atoms with van der Waals surface area (Å²) in [5.74, 6) is 6.96. The van der Waals surface area contributed by atoms with Gasteiger partial charge in [0.2, 0.25) is 0 Å². The lowest BCUT2D eigenvalue weighted by Gasteiger charge is -1.91. The van der Waals surface area contributed by atoms with Crippen molar-refractivity contribution in [2.45, 2.75) is 6.42 Å². The average molecular weight is 202 g/mol. The molecule has 2 rings (SSSR count). The Hall–Kier alpha value is -1.40. The van der Waals surface area contributed by atoms with Gasteiger partial charge >= 0.3 is 0 Å². The number of aromatic amines is 1. The summed E-state index contributed by atoms with van der Waals surface area (Å²) in [7, 11) is 0. The molecule has 1 N–H and O–H groups in total. The molecule has 1 aromatic heterocycles. The molecule has 0 aliphatic rings. The van der Waals surface area contributed by atoms with Gasteiger partial charge in [0.1, 0.15) is 0 Å². The number of nitrogens with zero attached hydrogens (tertiary/aromatic N) is 1. The van der Waals surface area contributed by atoms with Crippen molar-refractivity contribution in [3.05, 3.63) is 30.0 Å². The van der Waals surface area contributed by atoms with Crippen LogP contribution in [0.4, 0.5) is 0 Å². The monoisotopic (exact) mass is 202 g/mol. The van der Waals surface area contributed by atoms with Gasteiger partial charge in [0.05, 0.1) is 17.3 Å². The number of hydrogen-bond acceptors (Lipinski definition) is 2. The van der Waals surface area contributed by atoms with E-state index in [1.165, 1.54) is 0 Å². The standard InChI is InChI=1S/C11H10N2S/c14-7-2-1-4-9-5-3-6-10-8-12-13-11(9)10/h3,5-6,8,14H,2,7H2,(H,12,13). The van der Waals surface area contributed by atoms with Crippen molar-refractivity contribution < 1.29 is 0 Å². The highest BCUT2D eigenvalue weighted by Gasteiger charge is 1.98. The molecule has 0 aliphatic heterocycles. The van der Waals surface area contributed by atoms with Gasteiger partial charge in [-0.05, 0) is 6.07 Å². The van der Waals surface area contributed by atoms with Crippen LogP contribution < -0.4 is 0 Å². The van der Waals surface area contributed by atoms with Crippen molar-refractivity contribution in [3.8, 4) is 11.8 Å². The third-order valence-corrected chi connectivity index (χ3v) is 2.16. The quantitative estimate of drug-likeness (QED) is 0.539. The predicted molar refractivity (Wildman–Crippen MR) is 61.4 cm³/mol. The van der Waals surface area contributed by atoms with Crippen molar-refractivity contribution in [1.82, 2.24) is 10.2 Å². The molecule has 0 saturated heterocycles. The van der Waals surface area contributed by atoms with E-state index in [2.05, 4.69) is 34.7 Å². The van der Waals surface area contributed by atoms with Crippen molar-refractivity contribution in [2.24, 2.45) is 0 Å². The lowest BCUT2D eigenvalue weighted by molar-refractivity contribution is 1.12. The molecule has 0 bridgehead atoms. The summed E-state index contributed by atoms with van der Waals surface area (Å²) in [6.45, 7) is 0. The molecule has 1 heterocycles. The van der Waals surface area contributed by atoms with Crippen molar-refractivity contribution in [1.29, 1.82) is 0 Å².